The SMILES string of the molecule is c1ccc(-c2cc(-c3ccc(-c4ccc5ccc(-c6ccc7ccc(-c8ncc9ccccc9n8)nc7c6)nc5c4)cc3)nc(-c3ccccc3)n2)cc1.c1ccc2nc(-c3ccc4ccc(-c5ccc6ccc(-c7ccc(-c8ccc9ccc%10cccnc%10c9n8)c8ccccc78)cc6n5)cc4n3)ncc2c1. The lowest BCUT2D eigenvalue weighted by Gasteiger charge is -2.13. The van der Waals surface area contributed by atoms with Crippen molar-refractivity contribution in [3.63, 3.8) is 0 Å². The van der Waals surface area contributed by atoms with Gasteiger partial charge in [-0.1, -0.05) is 255 Å². The number of fused-ring (bicyclic) bond motifs is 10. The Balaban J connectivity index is 0.000000142. The topological polar surface area (TPSA) is 155 Å². The van der Waals surface area contributed by atoms with Crippen molar-refractivity contribution in [1.82, 2.24) is 59.8 Å². The van der Waals surface area contributed by atoms with Crippen LogP contribution in [0.3, 0.4) is 0 Å². The van der Waals surface area contributed by atoms with Crippen molar-refractivity contribution in [3.8, 4) is 113 Å². The zero-order chi connectivity index (χ0) is 71.4. The second-order valence-corrected chi connectivity index (χ2v) is 26.8. The lowest BCUT2D eigenvalue weighted by molar-refractivity contribution is 1.18. The summed E-state index contributed by atoms with van der Waals surface area (Å²) in [5.41, 5.74) is 23.8. The molecule has 12 aromatic carbocycles. The van der Waals surface area contributed by atoms with E-state index in [-0.39, 0.29) is 0 Å². The van der Waals surface area contributed by atoms with Gasteiger partial charge in [0.25, 0.3) is 0 Å². The summed E-state index contributed by atoms with van der Waals surface area (Å²) in [7, 11) is 0. The monoisotopic (exact) mass is 1380 g/mol. The number of pyridine rings is 6. The van der Waals surface area contributed by atoms with Gasteiger partial charge in [-0.15, -0.1) is 0 Å². The summed E-state index contributed by atoms with van der Waals surface area (Å²) in [5, 5.41) is 10.7. The predicted octanol–water partition coefficient (Wildman–Crippen LogP) is 23.2. The van der Waals surface area contributed by atoms with Gasteiger partial charge in [0.05, 0.1) is 72.6 Å². The van der Waals surface area contributed by atoms with E-state index in [0.717, 1.165) is 193 Å². The third-order valence-corrected chi connectivity index (χ3v) is 20.1. The summed E-state index contributed by atoms with van der Waals surface area (Å²) < 4.78 is 0. The minimum atomic E-state index is 0.608. The number of hydrogen-bond acceptors (Lipinski definition) is 12. The molecule has 21 aromatic rings. The van der Waals surface area contributed by atoms with Crippen LogP contribution in [0.2, 0.25) is 0 Å². The summed E-state index contributed by atoms with van der Waals surface area (Å²) in [5.74, 6) is 1.92. The summed E-state index contributed by atoms with van der Waals surface area (Å²) >= 11 is 0. The first-order valence-electron chi connectivity index (χ1n) is 35.8. The maximum atomic E-state index is 5.18. The minimum absolute atomic E-state index is 0.608. The van der Waals surface area contributed by atoms with E-state index in [2.05, 4.69) is 233 Å². The zero-order valence-electron chi connectivity index (χ0n) is 57.9. The Bertz CT molecular complexity index is 7080. The Kier molecular flexibility index (Phi) is 15.6. The highest BCUT2D eigenvalue weighted by Gasteiger charge is 2.18. The molecule has 0 bridgehead atoms. The van der Waals surface area contributed by atoms with E-state index in [9.17, 15) is 0 Å². The van der Waals surface area contributed by atoms with Gasteiger partial charge in [0.2, 0.25) is 0 Å². The van der Waals surface area contributed by atoms with Crippen LogP contribution in [0.1, 0.15) is 0 Å². The van der Waals surface area contributed by atoms with Crippen LogP contribution in [-0.2, 0) is 0 Å². The van der Waals surface area contributed by atoms with Crippen molar-refractivity contribution < 1.29 is 0 Å². The number of aromatic nitrogens is 12. The Morgan fingerprint density at radius 3 is 1.16 bits per heavy atom. The van der Waals surface area contributed by atoms with Crippen LogP contribution in [0, 0.1) is 0 Å². The highest BCUT2D eigenvalue weighted by molar-refractivity contribution is 6.08. The smallest absolute Gasteiger partial charge is 0.178 e. The molecule has 0 spiro atoms. The van der Waals surface area contributed by atoms with Crippen LogP contribution in [-0.4, -0.2) is 59.8 Å². The number of hydrogen-bond donors (Lipinski definition) is 0. The molecule has 0 N–H and O–H groups in total. The van der Waals surface area contributed by atoms with E-state index in [4.69, 9.17) is 44.9 Å². The van der Waals surface area contributed by atoms with Crippen molar-refractivity contribution in [3.05, 3.63) is 352 Å². The van der Waals surface area contributed by atoms with Gasteiger partial charge in [0.15, 0.2) is 17.5 Å². The largest absolute Gasteiger partial charge is 0.254 e. The predicted molar refractivity (Wildman–Crippen MR) is 438 cm³/mol. The Morgan fingerprint density at radius 1 is 0.167 bits per heavy atom. The van der Waals surface area contributed by atoms with E-state index < -0.39 is 0 Å². The number of benzene rings is 12. The second kappa shape index (κ2) is 26.7. The van der Waals surface area contributed by atoms with Gasteiger partial charge in [-0.25, -0.2) is 54.8 Å². The molecule has 9 heterocycles. The number of para-hydroxylation sites is 2. The molecule has 12 nitrogen and oxygen atoms in total. The molecule has 0 aliphatic rings. The average molecular weight is 1380 g/mol. The lowest BCUT2D eigenvalue weighted by Crippen LogP contribution is -1.95. The minimum Gasteiger partial charge on any atom is -0.254 e. The van der Waals surface area contributed by atoms with Crippen molar-refractivity contribution in [2.45, 2.75) is 0 Å². The molecule has 0 saturated carbocycles. The molecule has 0 unspecified atom stereocenters. The van der Waals surface area contributed by atoms with Crippen molar-refractivity contribution in [1.29, 1.82) is 0 Å². The van der Waals surface area contributed by atoms with Gasteiger partial charge >= 0.3 is 0 Å². The third kappa shape index (κ3) is 12.0. The molecular weight excluding hydrogens is 1320 g/mol. The fourth-order valence-electron chi connectivity index (χ4n) is 14.4. The molecule has 12 heteroatoms. The standard InChI is InChI=1S/C48H28N6.C48H30N6/c1-4-10-40-35(6-1)28-50-48(54-40)43-24-18-30-12-16-34(27-45(30)52-43)41-22-17-29-11-15-33(26-44(29)51-41)36-20-21-39(38-9-3-2-8-37(36)38)42-23-19-32-14-13-31-7-5-25-49-46(31)47(32)53-42;1-3-9-32(10-4-1)45-29-46(54-47(53-45)36-11-5-2-6-12-36)33-17-15-31(16-18-33)37-21-19-34-23-25-41(50-43(34)27-37)38-22-20-35-24-26-42(51-44(35)28-38)48-49-30-39-13-7-8-14-40(39)52-48/h1-28H;1-30H. The Labute approximate surface area is 619 Å². The fraction of sp³-hybridized carbons (Fsp3) is 0. The second-order valence-electron chi connectivity index (χ2n) is 26.8. The number of nitrogens with zero attached hydrogens (tertiary/aromatic N) is 12. The van der Waals surface area contributed by atoms with E-state index in [0.29, 0.717) is 17.5 Å². The quantitative estimate of drug-likeness (QED) is 0.120. The van der Waals surface area contributed by atoms with Crippen molar-refractivity contribution in [2.75, 3.05) is 0 Å². The molecule has 502 valence electrons. The van der Waals surface area contributed by atoms with Gasteiger partial charge in [0.1, 0.15) is 11.4 Å². The van der Waals surface area contributed by atoms with E-state index >= 15 is 0 Å². The van der Waals surface area contributed by atoms with Gasteiger partial charge in [0, 0.05) is 95.1 Å². The van der Waals surface area contributed by atoms with Gasteiger partial charge in [-0.05, 0) is 112 Å². The van der Waals surface area contributed by atoms with Crippen molar-refractivity contribution in [2.24, 2.45) is 0 Å². The summed E-state index contributed by atoms with van der Waals surface area (Å²) in [4.78, 5) is 58.7. The Morgan fingerprint density at radius 2 is 0.565 bits per heavy atom. The van der Waals surface area contributed by atoms with E-state index in [1.54, 1.807) is 0 Å². The van der Waals surface area contributed by atoms with E-state index in [1.165, 1.54) is 0 Å². The van der Waals surface area contributed by atoms with Crippen LogP contribution in [0.4, 0.5) is 0 Å². The maximum Gasteiger partial charge on any atom is 0.178 e. The number of rotatable bonds is 10. The first kappa shape index (κ1) is 62.9. The first-order chi connectivity index (χ1) is 53.4. The highest BCUT2D eigenvalue weighted by Crippen LogP contribution is 2.39. The Hall–Kier alpha value is -14.9. The van der Waals surface area contributed by atoms with Crippen LogP contribution in [0.15, 0.2) is 352 Å². The first-order valence-corrected chi connectivity index (χ1v) is 35.8. The van der Waals surface area contributed by atoms with Gasteiger partial charge in [-0.2, -0.15) is 0 Å². The molecule has 0 aliphatic heterocycles. The van der Waals surface area contributed by atoms with Crippen LogP contribution >= 0.6 is 0 Å². The van der Waals surface area contributed by atoms with Gasteiger partial charge < -0.3 is 0 Å². The molecule has 0 saturated heterocycles. The van der Waals surface area contributed by atoms with Crippen LogP contribution in [0.25, 0.3) is 211 Å². The summed E-state index contributed by atoms with van der Waals surface area (Å²) in [6.07, 6.45) is 5.54. The molecular formula is C96H58N12. The fourth-order valence-corrected chi connectivity index (χ4v) is 14.4. The van der Waals surface area contributed by atoms with Gasteiger partial charge in [-0.3, -0.25) is 4.98 Å². The maximum absolute atomic E-state index is 5.18. The molecule has 0 radical (unpaired) electrons. The van der Waals surface area contributed by atoms with Crippen molar-refractivity contribution >= 4 is 98.0 Å². The lowest BCUT2D eigenvalue weighted by atomic mass is 9.93. The normalized spacial score (nSPS) is 11.5. The zero-order valence-corrected chi connectivity index (χ0v) is 57.9. The summed E-state index contributed by atoms with van der Waals surface area (Å²) in [6.45, 7) is 0. The van der Waals surface area contributed by atoms with E-state index in [1.807, 2.05) is 134 Å². The molecule has 0 aliphatic carbocycles. The average Bonchev–Trinajstić information content (AvgIpc) is 0.707. The summed E-state index contributed by atoms with van der Waals surface area (Å²) in [6, 6.07) is 115. The molecule has 0 amide bonds. The van der Waals surface area contributed by atoms with Crippen LogP contribution < -0.4 is 0 Å². The molecule has 0 fully saturated rings. The molecule has 21 rings (SSSR count). The molecule has 9 aromatic heterocycles. The molecule has 0 atom stereocenters. The van der Waals surface area contributed by atoms with Crippen LogP contribution in [0.5, 0.6) is 0 Å². The third-order valence-electron chi connectivity index (χ3n) is 20.1. The molecule has 108 heavy (non-hydrogen) atoms. The highest BCUT2D eigenvalue weighted by atomic mass is 14.9.